The van der Waals surface area contributed by atoms with Crippen molar-refractivity contribution >= 4 is 37.2 Å². The third-order valence-corrected chi connectivity index (χ3v) is 2.32. The van der Waals surface area contributed by atoms with Gasteiger partial charge in [0.2, 0.25) is 0 Å². The van der Waals surface area contributed by atoms with E-state index >= 15 is 0 Å². The van der Waals surface area contributed by atoms with E-state index in [0.29, 0.717) is 12.2 Å². The van der Waals surface area contributed by atoms with Gasteiger partial charge in [0, 0.05) is 4.75 Å². The minimum Gasteiger partial charge on any atom is -0.480 e. The molecule has 2 atom stereocenters. The lowest BCUT2D eigenvalue weighted by Gasteiger charge is -2.21. The molecule has 6 N–H and O–H groups in total. The van der Waals surface area contributed by atoms with E-state index < -0.39 is 28.8 Å². The van der Waals surface area contributed by atoms with Crippen LogP contribution in [-0.4, -0.2) is 44.7 Å². The summed E-state index contributed by atoms with van der Waals surface area (Å²) >= 11 is 7.79. The molecular weight excluding hydrogens is 264 g/mol. The molecule has 6 nitrogen and oxygen atoms in total. The summed E-state index contributed by atoms with van der Waals surface area (Å²) in [5, 5.41) is 16.5. The number of hydrogen-bond acceptors (Lipinski definition) is 6. The van der Waals surface area contributed by atoms with Crippen LogP contribution in [0.25, 0.3) is 0 Å². The fraction of sp³-hybridized carbons (Fsp3) is 0.778. The molecule has 0 unspecified atom stereocenters. The van der Waals surface area contributed by atoms with E-state index in [2.05, 4.69) is 25.3 Å². The van der Waals surface area contributed by atoms with Crippen LogP contribution in [0.15, 0.2) is 0 Å². The summed E-state index contributed by atoms with van der Waals surface area (Å²) in [6.45, 7) is 3.32. The van der Waals surface area contributed by atoms with Crippen LogP contribution >= 0.6 is 25.3 Å². The fourth-order valence-electron chi connectivity index (χ4n) is 0.565. The van der Waals surface area contributed by atoms with Gasteiger partial charge in [-0.15, -0.1) is 0 Å². The van der Waals surface area contributed by atoms with Gasteiger partial charge >= 0.3 is 11.9 Å². The first-order chi connectivity index (χ1) is 7.53. The van der Waals surface area contributed by atoms with Gasteiger partial charge in [0.05, 0.1) is 0 Å². The molecule has 0 heterocycles. The summed E-state index contributed by atoms with van der Waals surface area (Å²) in [6, 6.07) is -1.65. The maximum absolute atomic E-state index is 10.2. The van der Waals surface area contributed by atoms with Crippen LogP contribution in [0, 0.1) is 0 Å². The molecule has 0 aromatic heterocycles. The first kappa shape index (κ1) is 18.9. The maximum Gasteiger partial charge on any atom is 0.321 e. The van der Waals surface area contributed by atoms with Crippen LogP contribution in [-0.2, 0) is 9.59 Å². The largest absolute Gasteiger partial charge is 0.480 e. The van der Waals surface area contributed by atoms with Crippen LogP contribution in [0.4, 0.5) is 0 Å². The third kappa shape index (κ3) is 10.4. The lowest BCUT2D eigenvalue weighted by Crippen LogP contribution is -2.45. The quantitative estimate of drug-likeness (QED) is 0.389. The van der Waals surface area contributed by atoms with E-state index in [-0.39, 0.29) is 0 Å². The van der Waals surface area contributed by atoms with Gasteiger partial charge in [-0.05, 0) is 26.0 Å². The normalized spacial score (nSPS) is 14.2. The topological polar surface area (TPSA) is 127 Å². The van der Waals surface area contributed by atoms with E-state index in [0.717, 1.165) is 0 Å². The first-order valence-corrected chi connectivity index (χ1v) is 5.92. The van der Waals surface area contributed by atoms with Gasteiger partial charge in [-0.2, -0.15) is 25.3 Å². The van der Waals surface area contributed by atoms with Gasteiger partial charge in [0.15, 0.2) is 0 Å². The van der Waals surface area contributed by atoms with E-state index in [1.165, 1.54) is 0 Å². The molecule has 0 amide bonds. The van der Waals surface area contributed by atoms with Gasteiger partial charge in [-0.3, -0.25) is 9.59 Å². The molecule has 0 aromatic rings. The molecule has 102 valence electrons. The average molecular weight is 284 g/mol. The Morgan fingerprint density at radius 2 is 1.65 bits per heavy atom. The predicted octanol–water partition coefficient (Wildman–Crippen LogP) is -0.175. The summed E-state index contributed by atoms with van der Waals surface area (Å²) < 4.78 is -0.647. The summed E-state index contributed by atoms with van der Waals surface area (Å²) in [4.78, 5) is 20.1. The molecule has 0 aliphatic carbocycles. The summed E-state index contributed by atoms with van der Waals surface area (Å²) in [5.74, 6) is -1.46. The Bertz CT molecular complexity index is 256. The van der Waals surface area contributed by atoms with Gasteiger partial charge in [-0.25, -0.2) is 0 Å². The molecule has 0 aliphatic rings. The Morgan fingerprint density at radius 1 is 1.24 bits per heavy atom. The lowest BCUT2D eigenvalue weighted by molar-refractivity contribution is -0.139. The fourth-order valence-corrected chi connectivity index (χ4v) is 0.953. The van der Waals surface area contributed by atoms with E-state index in [9.17, 15) is 9.59 Å². The minimum atomic E-state index is -1.02. The van der Waals surface area contributed by atoms with Crippen LogP contribution in [0.1, 0.15) is 20.3 Å². The molecule has 0 aliphatic heterocycles. The molecule has 17 heavy (non-hydrogen) atoms. The second-order valence-electron chi connectivity index (χ2n) is 3.93. The Hall–Kier alpha value is -0.440. The van der Waals surface area contributed by atoms with Crippen molar-refractivity contribution < 1.29 is 19.8 Å². The van der Waals surface area contributed by atoms with Crippen molar-refractivity contribution in [2.75, 3.05) is 5.75 Å². The number of carbonyl (C=O) groups is 2. The van der Waals surface area contributed by atoms with E-state index in [1.54, 1.807) is 13.8 Å². The zero-order valence-corrected chi connectivity index (χ0v) is 11.6. The van der Waals surface area contributed by atoms with Gasteiger partial charge in [0.25, 0.3) is 0 Å². The van der Waals surface area contributed by atoms with Crippen molar-refractivity contribution in [3.63, 3.8) is 0 Å². The monoisotopic (exact) mass is 284 g/mol. The van der Waals surface area contributed by atoms with Crippen LogP contribution < -0.4 is 11.5 Å². The first-order valence-electron chi connectivity index (χ1n) is 4.84. The van der Waals surface area contributed by atoms with Crippen molar-refractivity contribution in [1.82, 2.24) is 0 Å². The highest BCUT2D eigenvalue weighted by Gasteiger charge is 2.27. The summed E-state index contributed by atoms with van der Waals surface area (Å²) in [6.07, 6.45) is 0.429. The third-order valence-electron chi connectivity index (χ3n) is 1.78. The van der Waals surface area contributed by atoms with Crippen molar-refractivity contribution in [3.8, 4) is 0 Å². The number of rotatable bonds is 5. The molecule has 0 saturated heterocycles. The molecule has 0 aromatic carbocycles. The van der Waals surface area contributed by atoms with Crippen molar-refractivity contribution in [3.05, 3.63) is 0 Å². The number of thiol groups is 2. The molecule has 8 heteroatoms. The zero-order valence-electron chi connectivity index (χ0n) is 9.83. The summed E-state index contributed by atoms with van der Waals surface area (Å²) in [7, 11) is 0. The highest BCUT2D eigenvalue weighted by atomic mass is 32.1. The van der Waals surface area contributed by atoms with E-state index in [1.807, 2.05) is 0 Å². The second-order valence-corrected chi connectivity index (χ2v) is 5.53. The van der Waals surface area contributed by atoms with Crippen molar-refractivity contribution in [2.45, 2.75) is 37.1 Å². The number of carboxylic acids is 2. The molecule has 0 radical (unpaired) electrons. The number of aliphatic carboxylic acids is 2. The maximum atomic E-state index is 10.2. The molecule has 0 fully saturated rings. The minimum absolute atomic E-state index is 0.429. The second kappa shape index (κ2) is 8.62. The Kier molecular flexibility index (Phi) is 9.59. The molecule has 0 rings (SSSR count). The Morgan fingerprint density at radius 3 is 1.71 bits per heavy atom. The van der Waals surface area contributed by atoms with Crippen LogP contribution in [0.3, 0.4) is 0 Å². The SMILES string of the molecule is CC(C)(S)[C@@H](N)C(=O)O.N[C@@H](CCS)C(=O)O. The standard InChI is InChI=1S/C5H11NO2S.C4H9NO2S/c1-5(2,9)3(6)4(7)8;5-3(1-2-8)4(6)7/h3,9H,6H2,1-2H3,(H,7,8);3,8H,1-2,5H2,(H,6,7)/t2*3-/m00/s1. The summed E-state index contributed by atoms with van der Waals surface area (Å²) in [5.41, 5.74) is 10.3. The average Bonchev–Trinajstić information content (AvgIpc) is 2.16. The highest BCUT2D eigenvalue weighted by Crippen LogP contribution is 2.15. The molecular formula is C9H20N2O4S2. The number of hydrogen-bond donors (Lipinski definition) is 6. The molecule has 0 spiro atoms. The Balaban J connectivity index is 0. The van der Waals surface area contributed by atoms with Crippen LogP contribution in [0.2, 0.25) is 0 Å². The number of nitrogens with two attached hydrogens (primary N) is 2. The van der Waals surface area contributed by atoms with Gasteiger partial charge in [0.1, 0.15) is 12.1 Å². The van der Waals surface area contributed by atoms with Crippen molar-refractivity contribution in [1.29, 1.82) is 0 Å². The smallest absolute Gasteiger partial charge is 0.321 e. The predicted molar refractivity (Wildman–Crippen MR) is 72.8 cm³/mol. The zero-order chi connectivity index (χ0) is 14.2. The van der Waals surface area contributed by atoms with Crippen molar-refractivity contribution in [2.24, 2.45) is 11.5 Å². The van der Waals surface area contributed by atoms with Crippen LogP contribution in [0.5, 0.6) is 0 Å². The Labute approximate surface area is 112 Å². The van der Waals surface area contributed by atoms with E-state index in [4.69, 9.17) is 21.7 Å². The number of carboxylic acid groups (broad SMARTS) is 2. The highest BCUT2D eigenvalue weighted by molar-refractivity contribution is 7.81. The van der Waals surface area contributed by atoms with Gasteiger partial charge in [-0.1, -0.05) is 0 Å². The molecule has 0 bridgehead atoms. The molecule has 0 saturated carbocycles. The lowest BCUT2D eigenvalue weighted by atomic mass is 10.1. The van der Waals surface area contributed by atoms with Gasteiger partial charge < -0.3 is 21.7 Å².